The molecule has 1 unspecified atom stereocenters. The molecule has 1 aliphatic carbocycles. The molecule has 2 aliphatic heterocycles. The van der Waals surface area contributed by atoms with E-state index in [4.69, 9.17) is 0 Å². The Balaban J connectivity index is 1.47. The first-order chi connectivity index (χ1) is 9.84. The molecule has 1 amide bonds. The summed E-state index contributed by atoms with van der Waals surface area (Å²) in [5, 5.41) is 4.09. The average Bonchev–Trinajstić information content (AvgIpc) is 3.15. The predicted octanol–water partition coefficient (Wildman–Crippen LogP) is 2.65. The lowest BCUT2D eigenvalue weighted by Crippen LogP contribution is -2.41. The van der Waals surface area contributed by atoms with Gasteiger partial charge in [-0.1, -0.05) is 12.8 Å². The van der Waals surface area contributed by atoms with Crippen LogP contribution < -0.4 is 5.32 Å². The van der Waals surface area contributed by atoms with E-state index in [9.17, 15) is 4.79 Å². The van der Waals surface area contributed by atoms with Crippen LogP contribution in [0.3, 0.4) is 0 Å². The highest BCUT2D eigenvalue weighted by molar-refractivity contribution is 8.00. The summed E-state index contributed by atoms with van der Waals surface area (Å²) in [5.41, 5.74) is 0. The lowest BCUT2D eigenvalue weighted by molar-refractivity contribution is -0.130. The number of amides is 1. The zero-order valence-corrected chi connectivity index (χ0v) is 13.3. The monoisotopic (exact) mass is 296 g/mol. The number of hydrogen-bond donors (Lipinski definition) is 1. The highest BCUT2D eigenvalue weighted by atomic mass is 32.2. The summed E-state index contributed by atoms with van der Waals surface area (Å²) < 4.78 is 0. The van der Waals surface area contributed by atoms with Gasteiger partial charge in [-0.25, -0.2) is 0 Å². The number of piperidine rings is 1. The molecule has 2 saturated heterocycles. The molecular formula is C16H28N2OS. The number of carbonyl (C=O) groups is 1. The molecule has 0 aromatic heterocycles. The molecule has 114 valence electrons. The summed E-state index contributed by atoms with van der Waals surface area (Å²) in [4.78, 5) is 14.8. The molecule has 3 nitrogen and oxygen atoms in total. The molecule has 3 aliphatic rings. The van der Waals surface area contributed by atoms with Crippen molar-refractivity contribution >= 4 is 17.7 Å². The second-order valence-corrected chi connectivity index (χ2v) is 7.89. The molecule has 0 aromatic rings. The summed E-state index contributed by atoms with van der Waals surface area (Å²) in [6, 6.07) is 0.582. The van der Waals surface area contributed by atoms with Gasteiger partial charge in [-0.3, -0.25) is 4.79 Å². The van der Waals surface area contributed by atoms with Crippen LogP contribution in [0.2, 0.25) is 0 Å². The van der Waals surface area contributed by atoms with Gasteiger partial charge in [0, 0.05) is 17.8 Å². The fraction of sp³-hybridized carbons (Fsp3) is 0.938. The number of thioether (sulfide) groups is 1. The maximum absolute atomic E-state index is 12.5. The number of nitrogens with zero attached hydrogens (tertiary/aromatic N) is 1. The van der Waals surface area contributed by atoms with Crippen LogP contribution in [0, 0.1) is 5.92 Å². The minimum absolute atomic E-state index is 0.419. The number of rotatable bonds is 4. The third kappa shape index (κ3) is 3.51. The van der Waals surface area contributed by atoms with Crippen LogP contribution >= 0.6 is 11.8 Å². The van der Waals surface area contributed by atoms with Gasteiger partial charge in [-0.15, -0.1) is 11.8 Å². The van der Waals surface area contributed by atoms with Crippen LogP contribution in [0.25, 0.3) is 0 Å². The van der Waals surface area contributed by atoms with E-state index in [0.29, 0.717) is 23.0 Å². The quantitative estimate of drug-likeness (QED) is 0.865. The van der Waals surface area contributed by atoms with Crippen molar-refractivity contribution in [3.8, 4) is 0 Å². The number of likely N-dealkylation sites (tertiary alicyclic amines) is 1. The Morgan fingerprint density at radius 2 is 1.80 bits per heavy atom. The van der Waals surface area contributed by atoms with Crippen molar-refractivity contribution in [2.75, 3.05) is 25.4 Å². The second kappa shape index (κ2) is 7.17. The van der Waals surface area contributed by atoms with Crippen molar-refractivity contribution in [3.05, 3.63) is 0 Å². The fourth-order valence-corrected chi connectivity index (χ4v) is 5.28. The van der Waals surface area contributed by atoms with E-state index in [0.717, 1.165) is 25.6 Å². The molecule has 0 bridgehead atoms. The van der Waals surface area contributed by atoms with Gasteiger partial charge >= 0.3 is 0 Å². The highest BCUT2D eigenvalue weighted by Crippen LogP contribution is 2.35. The van der Waals surface area contributed by atoms with Crippen LogP contribution in [0.15, 0.2) is 0 Å². The van der Waals surface area contributed by atoms with E-state index in [2.05, 4.69) is 10.2 Å². The normalized spacial score (nSPS) is 29.2. The zero-order valence-electron chi connectivity index (χ0n) is 12.5. The Kier molecular flexibility index (Phi) is 5.27. The summed E-state index contributed by atoms with van der Waals surface area (Å²) in [7, 11) is 0. The van der Waals surface area contributed by atoms with Gasteiger partial charge in [0.15, 0.2) is 0 Å². The number of hydrogen-bond acceptors (Lipinski definition) is 3. The van der Waals surface area contributed by atoms with Crippen molar-refractivity contribution in [2.45, 2.75) is 62.7 Å². The zero-order chi connectivity index (χ0) is 13.8. The van der Waals surface area contributed by atoms with Gasteiger partial charge in [0.2, 0.25) is 5.91 Å². The molecule has 2 heterocycles. The van der Waals surface area contributed by atoms with Crippen molar-refractivity contribution < 1.29 is 4.79 Å². The minimum Gasteiger partial charge on any atom is -0.339 e. The van der Waals surface area contributed by atoms with Crippen molar-refractivity contribution in [1.29, 1.82) is 0 Å². The predicted molar refractivity (Wildman–Crippen MR) is 85.0 cm³/mol. The van der Waals surface area contributed by atoms with Crippen LogP contribution in [0.5, 0.6) is 0 Å². The average molecular weight is 296 g/mol. The third-order valence-corrected chi connectivity index (χ3v) is 6.65. The molecule has 0 spiro atoms. The van der Waals surface area contributed by atoms with E-state index in [-0.39, 0.29) is 0 Å². The summed E-state index contributed by atoms with van der Waals surface area (Å²) in [6.45, 7) is 3.27. The molecular weight excluding hydrogens is 268 g/mol. The van der Waals surface area contributed by atoms with E-state index < -0.39 is 0 Å². The van der Waals surface area contributed by atoms with Gasteiger partial charge < -0.3 is 10.2 Å². The lowest BCUT2D eigenvalue weighted by Gasteiger charge is -2.30. The molecule has 3 rings (SSSR count). The second-order valence-electron chi connectivity index (χ2n) is 6.60. The standard InChI is InChI=1S/C16H28N2OS/c19-16(12-20-14-7-9-17-10-8-14)18-11-3-6-15(18)13-4-1-2-5-13/h13-15,17H,1-12H2. The minimum atomic E-state index is 0.419. The Hall–Kier alpha value is -0.220. The largest absolute Gasteiger partial charge is 0.339 e. The van der Waals surface area contributed by atoms with Crippen molar-refractivity contribution in [1.82, 2.24) is 10.2 Å². The molecule has 20 heavy (non-hydrogen) atoms. The SMILES string of the molecule is O=C(CSC1CCNCC1)N1CCCC1C1CCCC1. The van der Waals surface area contributed by atoms with E-state index in [1.807, 2.05) is 11.8 Å². The van der Waals surface area contributed by atoms with E-state index in [1.54, 1.807) is 0 Å². The first-order valence-corrected chi connectivity index (χ1v) is 9.51. The van der Waals surface area contributed by atoms with Crippen LogP contribution in [0.1, 0.15) is 51.4 Å². The first-order valence-electron chi connectivity index (χ1n) is 8.46. The fourth-order valence-electron chi connectivity index (χ4n) is 4.17. The number of nitrogens with one attached hydrogen (secondary N) is 1. The first kappa shape index (κ1) is 14.7. The smallest absolute Gasteiger partial charge is 0.232 e. The van der Waals surface area contributed by atoms with Crippen LogP contribution in [-0.2, 0) is 4.79 Å². The third-order valence-electron chi connectivity index (χ3n) is 5.29. The Morgan fingerprint density at radius 1 is 1.05 bits per heavy atom. The topological polar surface area (TPSA) is 32.3 Å². The Morgan fingerprint density at radius 3 is 2.55 bits per heavy atom. The van der Waals surface area contributed by atoms with Crippen LogP contribution in [0.4, 0.5) is 0 Å². The van der Waals surface area contributed by atoms with Gasteiger partial charge in [0.1, 0.15) is 0 Å². The molecule has 1 N–H and O–H groups in total. The summed E-state index contributed by atoms with van der Waals surface area (Å²) in [6.07, 6.45) is 10.4. The summed E-state index contributed by atoms with van der Waals surface area (Å²) >= 11 is 1.91. The molecule has 0 aromatic carbocycles. The van der Waals surface area contributed by atoms with Gasteiger partial charge in [-0.2, -0.15) is 0 Å². The maximum Gasteiger partial charge on any atom is 0.232 e. The summed E-state index contributed by atoms with van der Waals surface area (Å²) in [5.74, 6) is 1.95. The van der Waals surface area contributed by atoms with E-state index in [1.165, 1.54) is 51.4 Å². The van der Waals surface area contributed by atoms with Crippen molar-refractivity contribution in [2.24, 2.45) is 5.92 Å². The number of carbonyl (C=O) groups excluding carboxylic acids is 1. The Labute approximate surface area is 127 Å². The van der Waals surface area contributed by atoms with E-state index >= 15 is 0 Å². The molecule has 3 fully saturated rings. The molecule has 4 heteroatoms. The molecule has 0 radical (unpaired) electrons. The van der Waals surface area contributed by atoms with Crippen LogP contribution in [-0.4, -0.2) is 47.5 Å². The van der Waals surface area contributed by atoms with Gasteiger partial charge in [0.05, 0.1) is 5.75 Å². The highest BCUT2D eigenvalue weighted by Gasteiger charge is 2.35. The lowest BCUT2D eigenvalue weighted by atomic mass is 9.96. The van der Waals surface area contributed by atoms with Crippen molar-refractivity contribution in [3.63, 3.8) is 0 Å². The maximum atomic E-state index is 12.5. The molecule has 1 atom stereocenters. The van der Waals surface area contributed by atoms with Gasteiger partial charge in [0.25, 0.3) is 0 Å². The molecule has 1 saturated carbocycles. The Bertz CT molecular complexity index is 324. The van der Waals surface area contributed by atoms with Gasteiger partial charge in [-0.05, 0) is 57.5 Å².